The maximum atomic E-state index is 12.7. The molecule has 28 heavy (non-hydrogen) atoms. The van der Waals surface area contributed by atoms with E-state index in [4.69, 9.17) is 0 Å². The summed E-state index contributed by atoms with van der Waals surface area (Å²) >= 11 is 1.32. The maximum Gasteiger partial charge on any atom is 0.229 e. The minimum absolute atomic E-state index is 0.0428. The van der Waals surface area contributed by atoms with Crippen LogP contribution in [0.5, 0.6) is 0 Å². The molecule has 1 amide bonds. The Morgan fingerprint density at radius 1 is 1.14 bits per heavy atom. The quantitative estimate of drug-likeness (QED) is 0.728. The van der Waals surface area contributed by atoms with Gasteiger partial charge in [-0.05, 0) is 57.3 Å². The molecule has 0 aromatic carbocycles. The van der Waals surface area contributed by atoms with Gasteiger partial charge in [0, 0.05) is 24.8 Å². The van der Waals surface area contributed by atoms with Crippen LogP contribution in [0.4, 0.5) is 10.8 Å². The van der Waals surface area contributed by atoms with Gasteiger partial charge in [0.25, 0.3) is 0 Å². The molecule has 4 rings (SSSR count). The van der Waals surface area contributed by atoms with Crippen molar-refractivity contribution in [2.24, 2.45) is 5.92 Å². The topological polar surface area (TPSA) is 88.8 Å². The molecule has 1 saturated heterocycles. The molecular weight excluding hydrogens is 374 g/mol. The second kappa shape index (κ2) is 7.67. The number of aryl methyl sites for hydroxylation is 3. The number of rotatable bonds is 4. The van der Waals surface area contributed by atoms with Crippen molar-refractivity contribution in [3.05, 3.63) is 41.6 Å². The Morgan fingerprint density at radius 3 is 2.68 bits per heavy atom. The molecule has 1 aliphatic heterocycles. The van der Waals surface area contributed by atoms with Crippen molar-refractivity contribution in [1.29, 1.82) is 0 Å². The van der Waals surface area contributed by atoms with Gasteiger partial charge in [-0.25, -0.2) is 14.6 Å². The molecular formula is C19H23N7OS. The monoisotopic (exact) mass is 397 g/mol. The molecule has 0 radical (unpaired) electrons. The molecule has 1 aliphatic rings. The Balaban J connectivity index is 1.49. The maximum absolute atomic E-state index is 12.7. The molecule has 0 aliphatic carbocycles. The molecule has 0 bridgehead atoms. The van der Waals surface area contributed by atoms with Gasteiger partial charge in [0.05, 0.1) is 17.3 Å². The van der Waals surface area contributed by atoms with E-state index in [0.717, 1.165) is 53.1 Å². The Morgan fingerprint density at radius 2 is 1.96 bits per heavy atom. The van der Waals surface area contributed by atoms with E-state index in [9.17, 15) is 4.79 Å². The molecule has 1 atom stereocenters. The average Bonchev–Trinajstić information content (AvgIpc) is 3.26. The predicted molar refractivity (Wildman–Crippen MR) is 109 cm³/mol. The molecule has 3 aromatic heterocycles. The standard InChI is InChI=1S/C19H23N7OS/c1-12-7-14(3)26(23-12)17-9-16(20-11-21-17)25-6-4-5-15(10-25)19(27)22-18-8-13(2)24-28-18/h7-9,11,15H,4-6,10H2,1-3H3,(H,22,27). The first kappa shape index (κ1) is 18.5. The molecule has 146 valence electrons. The highest BCUT2D eigenvalue weighted by Gasteiger charge is 2.27. The summed E-state index contributed by atoms with van der Waals surface area (Å²) in [6.45, 7) is 7.40. The van der Waals surface area contributed by atoms with Crippen LogP contribution in [0.2, 0.25) is 0 Å². The first-order valence-corrected chi connectivity index (χ1v) is 10.1. The molecule has 1 N–H and O–H groups in total. The number of carbonyl (C=O) groups is 1. The third kappa shape index (κ3) is 3.89. The van der Waals surface area contributed by atoms with Crippen LogP contribution in [0.15, 0.2) is 24.5 Å². The summed E-state index contributed by atoms with van der Waals surface area (Å²) in [6.07, 6.45) is 3.37. The number of nitrogens with one attached hydrogen (secondary N) is 1. The highest BCUT2D eigenvalue weighted by Crippen LogP contribution is 2.25. The molecule has 4 heterocycles. The number of anilines is 2. The predicted octanol–water partition coefficient (Wildman–Crippen LogP) is 2.90. The number of aromatic nitrogens is 5. The molecule has 0 spiro atoms. The second-order valence-electron chi connectivity index (χ2n) is 7.18. The molecule has 3 aromatic rings. The summed E-state index contributed by atoms with van der Waals surface area (Å²) in [5.74, 6) is 1.52. The highest BCUT2D eigenvalue weighted by molar-refractivity contribution is 7.10. The number of piperidine rings is 1. The van der Waals surface area contributed by atoms with E-state index in [1.807, 2.05) is 43.7 Å². The van der Waals surface area contributed by atoms with Crippen LogP contribution in [0, 0.1) is 26.7 Å². The molecule has 1 unspecified atom stereocenters. The van der Waals surface area contributed by atoms with Gasteiger partial charge in [0.1, 0.15) is 17.1 Å². The largest absolute Gasteiger partial charge is 0.356 e. The molecule has 0 saturated carbocycles. The van der Waals surface area contributed by atoms with Gasteiger partial charge in [-0.2, -0.15) is 9.47 Å². The van der Waals surface area contributed by atoms with Crippen molar-refractivity contribution in [2.45, 2.75) is 33.6 Å². The van der Waals surface area contributed by atoms with E-state index in [2.05, 4.69) is 29.7 Å². The summed E-state index contributed by atoms with van der Waals surface area (Å²) < 4.78 is 6.04. The third-order valence-electron chi connectivity index (χ3n) is 4.86. The van der Waals surface area contributed by atoms with Gasteiger partial charge in [-0.3, -0.25) is 4.79 Å². The lowest BCUT2D eigenvalue weighted by Gasteiger charge is -2.32. The van der Waals surface area contributed by atoms with Gasteiger partial charge >= 0.3 is 0 Å². The van der Waals surface area contributed by atoms with Crippen LogP contribution in [0.25, 0.3) is 5.82 Å². The second-order valence-corrected chi connectivity index (χ2v) is 7.99. The van der Waals surface area contributed by atoms with Crippen LogP contribution < -0.4 is 10.2 Å². The Bertz CT molecular complexity index is 996. The van der Waals surface area contributed by atoms with Crippen LogP contribution in [0.3, 0.4) is 0 Å². The molecule has 1 fully saturated rings. The summed E-state index contributed by atoms with van der Waals surface area (Å²) in [4.78, 5) is 23.6. The molecule has 9 heteroatoms. The van der Waals surface area contributed by atoms with Crippen molar-refractivity contribution >= 4 is 28.3 Å². The number of carbonyl (C=O) groups excluding carboxylic acids is 1. The van der Waals surface area contributed by atoms with Crippen LogP contribution in [-0.4, -0.2) is 43.1 Å². The highest BCUT2D eigenvalue weighted by atomic mass is 32.1. The Labute approximate surface area is 167 Å². The minimum Gasteiger partial charge on any atom is -0.356 e. The molecule has 8 nitrogen and oxygen atoms in total. The number of amides is 1. The van der Waals surface area contributed by atoms with E-state index in [-0.39, 0.29) is 11.8 Å². The smallest absolute Gasteiger partial charge is 0.229 e. The van der Waals surface area contributed by atoms with Crippen molar-refractivity contribution in [1.82, 2.24) is 24.1 Å². The van der Waals surface area contributed by atoms with E-state index >= 15 is 0 Å². The van der Waals surface area contributed by atoms with E-state index < -0.39 is 0 Å². The van der Waals surface area contributed by atoms with Crippen LogP contribution in [-0.2, 0) is 4.79 Å². The number of nitrogens with zero attached hydrogens (tertiary/aromatic N) is 6. The average molecular weight is 398 g/mol. The zero-order chi connectivity index (χ0) is 19.7. The fourth-order valence-electron chi connectivity index (χ4n) is 3.53. The van der Waals surface area contributed by atoms with Gasteiger partial charge in [0.15, 0.2) is 5.82 Å². The third-order valence-corrected chi connectivity index (χ3v) is 5.65. The first-order valence-electron chi connectivity index (χ1n) is 9.34. The van der Waals surface area contributed by atoms with Crippen LogP contribution >= 0.6 is 11.5 Å². The van der Waals surface area contributed by atoms with Crippen molar-refractivity contribution in [3.63, 3.8) is 0 Å². The van der Waals surface area contributed by atoms with Crippen LogP contribution in [0.1, 0.15) is 29.9 Å². The summed E-state index contributed by atoms with van der Waals surface area (Å²) in [5, 5.41) is 8.29. The Kier molecular flexibility index (Phi) is 5.08. The fraction of sp³-hybridized carbons (Fsp3) is 0.421. The fourth-order valence-corrected chi connectivity index (χ4v) is 4.20. The number of hydrogen-bond donors (Lipinski definition) is 1. The minimum atomic E-state index is -0.0803. The van der Waals surface area contributed by atoms with Crippen molar-refractivity contribution in [3.8, 4) is 5.82 Å². The van der Waals surface area contributed by atoms with Crippen molar-refractivity contribution in [2.75, 3.05) is 23.3 Å². The van der Waals surface area contributed by atoms with Crippen molar-refractivity contribution < 1.29 is 4.79 Å². The van der Waals surface area contributed by atoms with E-state index in [1.54, 1.807) is 6.33 Å². The first-order chi connectivity index (χ1) is 13.5. The van der Waals surface area contributed by atoms with Gasteiger partial charge < -0.3 is 10.2 Å². The summed E-state index contributed by atoms with van der Waals surface area (Å²) in [7, 11) is 0. The lowest BCUT2D eigenvalue weighted by atomic mass is 9.97. The van der Waals surface area contributed by atoms with Gasteiger partial charge in [0.2, 0.25) is 5.91 Å². The summed E-state index contributed by atoms with van der Waals surface area (Å²) in [5.41, 5.74) is 2.90. The summed E-state index contributed by atoms with van der Waals surface area (Å²) in [6, 6.07) is 5.85. The number of hydrogen-bond acceptors (Lipinski definition) is 7. The lowest BCUT2D eigenvalue weighted by Crippen LogP contribution is -2.41. The normalized spacial score (nSPS) is 17.0. The van der Waals surface area contributed by atoms with E-state index in [1.165, 1.54) is 11.5 Å². The van der Waals surface area contributed by atoms with Gasteiger partial charge in [-0.1, -0.05) is 0 Å². The zero-order valence-electron chi connectivity index (χ0n) is 16.2. The SMILES string of the molecule is Cc1cc(NC(=O)C2CCCN(c3cc(-n4nc(C)cc4C)ncn3)C2)sn1. The van der Waals surface area contributed by atoms with Gasteiger partial charge in [-0.15, -0.1) is 0 Å². The van der Waals surface area contributed by atoms with E-state index in [0.29, 0.717) is 6.54 Å². The lowest BCUT2D eigenvalue weighted by molar-refractivity contribution is -0.120. The Hall–Kier alpha value is -2.81. The zero-order valence-corrected chi connectivity index (χ0v) is 17.0.